The average molecular weight is 378 g/mol. The van der Waals surface area contributed by atoms with Crippen LogP contribution in [0.15, 0.2) is 79.0 Å². The summed E-state index contributed by atoms with van der Waals surface area (Å²) in [5.41, 5.74) is 1.63. The van der Waals surface area contributed by atoms with Crippen molar-refractivity contribution in [2.45, 2.75) is 6.61 Å². The molecule has 6 heteroatoms. The predicted octanol–water partition coefficient (Wildman–Crippen LogP) is 5.73. The first kappa shape index (κ1) is 17.7. The number of H-pyrrole nitrogens is 1. The van der Waals surface area contributed by atoms with E-state index in [0.29, 0.717) is 18.2 Å². The molecule has 0 unspecified atom stereocenters. The van der Waals surface area contributed by atoms with Gasteiger partial charge in [-0.15, -0.1) is 0 Å². The second-order valence-corrected chi connectivity index (χ2v) is 6.04. The van der Waals surface area contributed by atoms with Crippen molar-refractivity contribution in [3.05, 3.63) is 96.5 Å². The lowest BCUT2D eigenvalue weighted by molar-refractivity contribution is 0.297. The normalized spacial score (nSPS) is 10.6. The molecule has 0 atom stereocenters. The molecular formula is C22H16F2N2O2. The van der Waals surface area contributed by atoms with E-state index < -0.39 is 11.6 Å². The monoisotopic (exact) mass is 378 g/mol. The number of nitrogens with zero attached hydrogens (tertiary/aromatic N) is 1. The number of aromatic nitrogens is 2. The molecule has 3 aromatic carbocycles. The van der Waals surface area contributed by atoms with Gasteiger partial charge in [0.2, 0.25) is 0 Å². The number of rotatable bonds is 6. The van der Waals surface area contributed by atoms with Gasteiger partial charge in [-0.3, -0.25) is 0 Å². The topological polar surface area (TPSA) is 47.1 Å². The number of nitrogens with one attached hydrogen (secondary N) is 1. The Kier molecular flexibility index (Phi) is 5.01. The van der Waals surface area contributed by atoms with Crippen LogP contribution in [0.2, 0.25) is 0 Å². The molecule has 0 fully saturated rings. The summed E-state index contributed by atoms with van der Waals surface area (Å²) in [6, 6.07) is 19.7. The van der Waals surface area contributed by atoms with E-state index in [1.165, 1.54) is 6.07 Å². The molecule has 0 aliphatic carbocycles. The highest BCUT2D eigenvalue weighted by atomic mass is 19.1. The molecule has 4 aromatic rings. The number of halogens is 2. The van der Waals surface area contributed by atoms with Crippen LogP contribution < -0.4 is 9.47 Å². The summed E-state index contributed by atoms with van der Waals surface area (Å²) in [5, 5.41) is 0. The molecule has 0 spiro atoms. The molecule has 0 radical (unpaired) electrons. The maximum absolute atomic E-state index is 13.7. The van der Waals surface area contributed by atoms with E-state index in [1.54, 1.807) is 18.3 Å². The largest absolute Gasteiger partial charge is 0.486 e. The quantitative estimate of drug-likeness (QED) is 0.466. The van der Waals surface area contributed by atoms with Crippen LogP contribution in [0.25, 0.3) is 11.3 Å². The second-order valence-electron chi connectivity index (χ2n) is 6.04. The molecule has 0 saturated carbocycles. The first-order valence-electron chi connectivity index (χ1n) is 8.63. The van der Waals surface area contributed by atoms with Crippen LogP contribution in [0.1, 0.15) is 5.82 Å². The summed E-state index contributed by atoms with van der Waals surface area (Å²) in [6.07, 6.45) is 1.79. The number of ether oxygens (including phenoxy) is 2. The predicted molar refractivity (Wildman–Crippen MR) is 101 cm³/mol. The van der Waals surface area contributed by atoms with Gasteiger partial charge in [0.15, 0.2) is 11.6 Å². The first-order chi connectivity index (χ1) is 13.7. The minimum absolute atomic E-state index is 0.0331. The number of imidazole rings is 1. The third-order valence-electron chi connectivity index (χ3n) is 4.02. The van der Waals surface area contributed by atoms with E-state index >= 15 is 0 Å². The number of benzene rings is 3. The Morgan fingerprint density at radius 3 is 2.39 bits per heavy atom. The fraction of sp³-hybridized carbons (Fsp3) is 0.0455. The number of para-hydroxylation sites is 1. The van der Waals surface area contributed by atoms with Crippen LogP contribution in [0.5, 0.6) is 17.2 Å². The zero-order valence-corrected chi connectivity index (χ0v) is 14.7. The second kappa shape index (κ2) is 7.92. The zero-order chi connectivity index (χ0) is 19.3. The van der Waals surface area contributed by atoms with Gasteiger partial charge in [0.25, 0.3) is 0 Å². The van der Waals surface area contributed by atoms with Crippen LogP contribution >= 0.6 is 0 Å². The molecule has 0 aliphatic heterocycles. The number of aromatic amines is 1. The molecular weight excluding hydrogens is 362 g/mol. The highest BCUT2D eigenvalue weighted by molar-refractivity contribution is 5.59. The van der Waals surface area contributed by atoms with Crippen LogP contribution in [-0.2, 0) is 6.61 Å². The molecule has 4 rings (SSSR count). The highest BCUT2D eigenvalue weighted by Crippen LogP contribution is 2.27. The summed E-state index contributed by atoms with van der Waals surface area (Å²) in [5.74, 6) is 0.486. The smallest absolute Gasteiger partial charge is 0.168 e. The van der Waals surface area contributed by atoms with Crippen molar-refractivity contribution < 1.29 is 18.3 Å². The summed E-state index contributed by atoms with van der Waals surface area (Å²) in [4.78, 5) is 7.60. The summed E-state index contributed by atoms with van der Waals surface area (Å²) in [7, 11) is 0. The van der Waals surface area contributed by atoms with Crippen molar-refractivity contribution in [3.63, 3.8) is 0 Å². The minimum Gasteiger partial charge on any atom is -0.486 e. The van der Waals surface area contributed by atoms with Crippen molar-refractivity contribution in [3.8, 4) is 28.5 Å². The molecule has 0 bridgehead atoms. The van der Waals surface area contributed by atoms with Crippen molar-refractivity contribution in [1.29, 1.82) is 0 Å². The van der Waals surface area contributed by atoms with Crippen LogP contribution in [0.3, 0.4) is 0 Å². The van der Waals surface area contributed by atoms with Gasteiger partial charge in [0.1, 0.15) is 29.7 Å². The molecule has 0 aliphatic rings. The summed E-state index contributed by atoms with van der Waals surface area (Å²) in [6.45, 7) is 0.328. The molecule has 0 amide bonds. The van der Waals surface area contributed by atoms with Crippen LogP contribution in [0.4, 0.5) is 8.78 Å². The number of hydrogen-bond donors (Lipinski definition) is 1. The Hall–Kier alpha value is -3.67. The first-order valence-corrected chi connectivity index (χ1v) is 8.63. The van der Waals surface area contributed by atoms with Gasteiger partial charge in [-0.05, 0) is 48.5 Å². The molecule has 28 heavy (non-hydrogen) atoms. The fourth-order valence-corrected chi connectivity index (χ4v) is 2.63. The SMILES string of the molecule is Fc1ccc(Oc2ccc(-c3c[nH]c(COc4ccccc4)n3)cc2)c(F)c1. The Balaban J connectivity index is 1.42. The van der Waals surface area contributed by atoms with E-state index in [2.05, 4.69) is 9.97 Å². The summed E-state index contributed by atoms with van der Waals surface area (Å²) >= 11 is 0. The van der Waals surface area contributed by atoms with Gasteiger partial charge in [-0.2, -0.15) is 0 Å². The van der Waals surface area contributed by atoms with E-state index in [-0.39, 0.29) is 5.75 Å². The lowest BCUT2D eigenvalue weighted by atomic mass is 10.1. The van der Waals surface area contributed by atoms with E-state index in [1.807, 2.05) is 42.5 Å². The Labute approximate surface area is 160 Å². The number of hydrogen-bond acceptors (Lipinski definition) is 3. The molecule has 1 aromatic heterocycles. The molecule has 1 N–H and O–H groups in total. The van der Waals surface area contributed by atoms with Crippen LogP contribution in [0, 0.1) is 11.6 Å². The van der Waals surface area contributed by atoms with Gasteiger partial charge >= 0.3 is 0 Å². The van der Waals surface area contributed by atoms with Crippen LogP contribution in [-0.4, -0.2) is 9.97 Å². The molecule has 140 valence electrons. The molecule has 4 nitrogen and oxygen atoms in total. The summed E-state index contributed by atoms with van der Waals surface area (Å²) < 4.78 is 37.8. The average Bonchev–Trinajstić information content (AvgIpc) is 3.19. The zero-order valence-electron chi connectivity index (χ0n) is 14.7. The third kappa shape index (κ3) is 4.17. The van der Waals surface area contributed by atoms with Gasteiger partial charge < -0.3 is 14.5 Å². The Morgan fingerprint density at radius 1 is 0.857 bits per heavy atom. The maximum Gasteiger partial charge on any atom is 0.168 e. The van der Waals surface area contributed by atoms with Crippen molar-refractivity contribution in [1.82, 2.24) is 9.97 Å². The third-order valence-corrected chi connectivity index (χ3v) is 4.02. The lowest BCUT2D eigenvalue weighted by Crippen LogP contribution is -1.97. The Bertz CT molecular complexity index is 1060. The minimum atomic E-state index is -0.751. The van der Waals surface area contributed by atoms with Gasteiger partial charge in [0.05, 0.1) is 5.69 Å². The van der Waals surface area contributed by atoms with E-state index in [4.69, 9.17) is 9.47 Å². The standard InChI is InChI=1S/C22H16F2N2O2/c23-16-8-11-21(19(24)12-16)28-18-9-6-15(7-10-18)20-13-25-22(26-20)14-27-17-4-2-1-3-5-17/h1-13H,14H2,(H,25,26). The fourth-order valence-electron chi connectivity index (χ4n) is 2.63. The Morgan fingerprint density at radius 2 is 1.64 bits per heavy atom. The van der Waals surface area contributed by atoms with Gasteiger partial charge in [0, 0.05) is 17.8 Å². The molecule has 1 heterocycles. The van der Waals surface area contributed by atoms with Gasteiger partial charge in [-0.1, -0.05) is 18.2 Å². The maximum atomic E-state index is 13.7. The van der Waals surface area contributed by atoms with E-state index in [9.17, 15) is 8.78 Å². The lowest BCUT2D eigenvalue weighted by Gasteiger charge is -2.07. The molecule has 0 saturated heterocycles. The van der Waals surface area contributed by atoms with Crippen molar-refractivity contribution in [2.75, 3.05) is 0 Å². The van der Waals surface area contributed by atoms with E-state index in [0.717, 1.165) is 29.1 Å². The van der Waals surface area contributed by atoms with Crippen molar-refractivity contribution in [2.24, 2.45) is 0 Å². The highest BCUT2D eigenvalue weighted by Gasteiger charge is 2.08. The van der Waals surface area contributed by atoms with Crippen molar-refractivity contribution >= 4 is 0 Å². The van der Waals surface area contributed by atoms with Gasteiger partial charge in [-0.25, -0.2) is 13.8 Å².